The lowest BCUT2D eigenvalue weighted by atomic mass is 9.92. The van der Waals surface area contributed by atoms with Crippen LogP contribution >= 0.6 is 0 Å². The first-order valence-electron chi connectivity index (χ1n) is 9.86. The Balaban J connectivity index is 1.64. The molecule has 0 bridgehead atoms. The number of aromatic nitrogens is 3. The normalized spacial score (nSPS) is 17.8. The highest BCUT2D eigenvalue weighted by Gasteiger charge is 2.29. The van der Waals surface area contributed by atoms with Crippen LogP contribution in [-0.4, -0.2) is 58.2 Å². The van der Waals surface area contributed by atoms with E-state index in [0.29, 0.717) is 35.7 Å². The number of nitrogens with one attached hydrogen (secondary N) is 2. The highest BCUT2D eigenvalue weighted by molar-refractivity contribution is 5.80. The fourth-order valence-corrected chi connectivity index (χ4v) is 3.56. The molecule has 0 saturated heterocycles. The number of amides is 2. The number of nitrogens with zero attached hydrogens (tertiary/aromatic N) is 5. The Bertz CT molecular complexity index is 670. The van der Waals surface area contributed by atoms with E-state index in [4.69, 9.17) is 0 Å². The molecule has 0 spiro atoms. The SMILES string of the molecule is CN(C)c1nc(NNC(=O)[C@H](CC2CCCC2)CN(O)C=O)nc(C2CC2)n1. The standard InChI is InChI=1S/C18H29N7O3/c1-24(2)18-20-15(13-7-8-13)19-17(21-18)23-22-16(27)14(10-25(28)11-26)9-12-5-3-4-6-12/h11-14,28H,3-10H2,1-2H3,(H,22,27)(H,19,20,21,23)/t14-/m1/s1. The fourth-order valence-electron chi connectivity index (χ4n) is 3.56. The molecule has 28 heavy (non-hydrogen) atoms. The highest BCUT2D eigenvalue weighted by atomic mass is 16.5. The van der Waals surface area contributed by atoms with E-state index in [2.05, 4.69) is 25.8 Å². The zero-order chi connectivity index (χ0) is 20.1. The lowest BCUT2D eigenvalue weighted by Crippen LogP contribution is -2.41. The molecule has 1 aromatic rings. The van der Waals surface area contributed by atoms with Crippen molar-refractivity contribution in [1.29, 1.82) is 0 Å². The van der Waals surface area contributed by atoms with E-state index in [1.165, 1.54) is 0 Å². The third-order valence-corrected chi connectivity index (χ3v) is 5.27. The number of rotatable bonds is 10. The Kier molecular flexibility index (Phi) is 6.61. The number of hydrogen-bond acceptors (Lipinski definition) is 8. The van der Waals surface area contributed by atoms with Crippen molar-refractivity contribution in [2.45, 2.75) is 50.9 Å². The van der Waals surface area contributed by atoms with Crippen molar-refractivity contribution in [3.63, 3.8) is 0 Å². The van der Waals surface area contributed by atoms with Gasteiger partial charge >= 0.3 is 0 Å². The van der Waals surface area contributed by atoms with E-state index in [0.717, 1.165) is 44.3 Å². The predicted octanol–water partition coefficient (Wildman–Crippen LogP) is 1.30. The van der Waals surface area contributed by atoms with E-state index >= 15 is 0 Å². The highest BCUT2D eigenvalue weighted by Crippen LogP contribution is 2.38. The molecular weight excluding hydrogens is 362 g/mol. The van der Waals surface area contributed by atoms with Gasteiger partial charge in [-0.2, -0.15) is 15.0 Å². The second kappa shape index (κ2) is 9.13. The maximum atomic E-state index is 12.7. The average molecular weight is 391 g/mol. The molecule has 3 N–H and O–H groups in total. The van der Waals surface area contributed by atoms with Gasteiger partial charge in [-0.05, 0) is 25.2 Å². The van der Waals surface area contributed by atoms with E-state index in [-0.39, 0.29) is 18.4 Å². The lowest BCUT2D eigenvalue weighted by molar-refractivity contribution is -0.154. The van der Waals surface area contributed by atoms with Crippen molar-refractivity contribution in [1.82, 2.24) is 25.4 Å². The van der Waals surface area contributed by atoms with Crippen LogP contribution in [0.4, 0.5) is 11.9 Å². The van der Waals surface area contributed by atoms with Gasteiger partial charge in [-0.15, -0.1) is 0 Å². The van der Waals surface area contributed by atoms with Crippen LogP contribution in [0.25, 0.3) is 0 Å². The van der Waals surface area contributed by atoms with Crippen molar-refractivity contribution < 1.29 is 14.8 Å². The summed E-state index contributed by atoms with van der Waals surface area (Å²) in [7, 11) is 3.70. The van der Waals surface area contributed by atoms with Gasteiger partial charge in [0.15, 0.2) is 0 Å². The molecule has 1 aromatic heterocycles. The van der Waals surface area contributed by atoms with E-state index in [1.807, 2.05) is 14.1 Å². The third kappa shape index (κ3) is 5.51. The molecule has 1 atom stereocenters. The molecule has 2 saturated carbocycles. The number of carbonyl (C=O) groups excluding carboxylic acids is 2. The number of carbonyl (C=O) groups is 2. The molecule has 2 aliphatic rings. The molecule has 0 radical (unpaired) electrons. The Hall–Kier alpha value is -2.49. The summed E-state index contributed by atoms with van der Waals surface area (Å²) < 4.78 is 0. The molecule has 3 rings (SSSR count). The average Bonchev–Trinajstić information content (AvgIpc) is 3.42. The fraction of sp³-hybridized carbons (Fsp3) is 0.722. The number of hydrogen-bond donors (Lipinski definition) is 3. The summed E-state index contributed by atoms with van der Waals surface area (Å²) in [5, 5.41) is 10.1. The Labute approximate surface area is 164 Å². The van der Waals surface area contributed by atoms with Gasteiger partial charge in [0.2, 0.25) is 24.2 Å². The van der Waals surface area contributed by atoms with Crippen LogP contribution in [0.1, 0.15) is 56.7 Å². The molecule has 0 unspecified atom stereocenters. The molecule has 2 fully saturated rings. The Morgan fingerprint density at radius 1 is 1.21 bits per heavy atom. The summed E-state index contributed by atoms with van der Waals surface area (Å²) >= 11 is 0. The van der Waals surface area contributed by atoms with Crippen LogP contribution in [0.15, 0.2) is 0 Å². The minimum atomic E-state index is -0.510. The minimum absolute atomic E-state index is 0.0407. The van der Waals surface area contributed by atoms with E-state index < -0.39 is 5.92 Å². The molecule has 0 aliphatic heterocycles. The van der Waals surface area contributed by atoms with Gasteiger partial charge in [-0.1, -0.05) is 25.7 Å². The van der Waals surface area contributed by atoms with Gasteiger partial charge < -0.3 is 4.90 Å². The number of anilines is 2. The molecule has 10 nitrogen and oxygen atoms in total. The Morgan fingerprint density at radius 3 is 2.54 bits per heavy atom. The zero-order valence-electron chi connectivity index (χ0n) is 16.5. The quantitative estimate of drug-likeness (QED) is 0.310. The summed E-state index contributed by atoms with van der Waals surface area (Å²) in [6, 6.07) is 0. The van der Waals surface area contributed by atoms with Gasteiger partial charge in [-0.25, -0.2) is 5.06 Å². The van der Waals surface area contributed by atoms with Crippen molar-refractivity contribution in [2.24, 2.45) is 11.8 Å². The molecular formula is C18H29N7O3. The second-order valence-corrected chi connectivity index (χ2v) is 7.91. The lowest BCUT2D eigenvalue weighted by Gasteiger charge is -2.22. The van der Waals surface area contributed by atoms with Crippen LogP contribution in [-0.2, 0) is 9.59 Å². The summed E-state index contributed by atoms with van der Waals surface area (Å²) in [5.74, 6) is 1.51. The molecule has 2 aliphatic carbocycles. The maximum Gasteiger partial charge on any atom is 0.246 e. The smallest absolute Gasteiger partial charge is 0.246 e. The molecule has 10 heteroatoms. The van der Waals surface area contributed by atoms with Gasteiger partial charge in [0.25, 0.3) is 0 Å². The molecule has 1 heterocycles. The van der Waals surface area contributed by atoms with E-state index in [1.54, 1.807) is 4.90 Å². The first kappa shape index (κ1) is 20.2. The molecule has 0 aromatic carbocycles. The van der Waals surface area contributed by atoms with Gasteiger partial charge in [-0.3, -0.25) is 25.6 Å². The molecule has 154 valence electrons. The summed E-state index contributed by atoms with van der Waals surface area (Å²) in [5.41, 5.74) is 5.42. The summed E-state index contributed by atoms with van der Waals surface area (Å²) in [4.78, 5) is 38.4. The van der Waals surface area contributed by atoms with Gasteiger partial charge in [0, 0.05) is 20.0 Å². The largest absolute Gasteiger partial charge is 0.347 e. The van der Waals surface area contributed by atoms with Crippen LogP contribution in [0.3, 0.4) is 0 Å². The van der Waals surface area contributed by atoms with Crippen molar-refractivity contribution in [2.75, 3.05) is 31.0 Å². The van der Waals surface area contributed by atoms with E-state index in [9.17, 15) is 14.8 Å². The van der Waals surface area contributed by atoms with Crippen molar-refractivity contribution in [3.8, 4) is 0 Å². The summed E-state index contributed by atoms with van der Waals surface area (Å²) in [6.45, 7) is -0.0407. The third-order valence-electron chi connectivity index (χ3n) is 5.27. The van der Waals surface area contributed by atoms with Gasteiger partial charge in [0.05, 0.1) is 12.5 Å². The first-order valence-corrected chi connectivity index (χ1v) is 9.86. The molecule has 2 amide bonds. The number of hydroxylamine groups is 2. The first-order chi connectivity index (χ1) is 13.5. The topological polar surface area (TPSA) is 124 Å². The predicted molar refractivity (Wildman–Crippen MR) is 103 cm³/mol. The van der Waals surface area contributed by atoms with Crippen LogP contribution < -0.4 is 15.8 Å². The minimum Gasteiger partial charge on any atom is -0.347 e. The van der Waals surface area contributed by atoms with Crippen LogP contribution in [0, 0.1) is 11.8 Å². The maximum absolute atomic E-state index is 12.7. The van der Waals surface area contributed by atoms with Crippen LogP contribution in [0.2, 0.25) is 0 Å². The summed E-state index contributed by atoms with van der Waals surface area (Å²) in [6.07, 6.45) is 7.55. The van der Waals surface area contributed by atoms with Crippen molar-refractivity contribution >= 4 is 24.2 Å². The Morgan fingerprint density at radius 2 is 1.93 bits per heavy atom. The van der Waals surface area contributed by atoms with Crippen LogP contribution in [0.5, 0.6) is 0 Å². The van der Waals surface area contributed by atoms with Gasteiger partial charge in [0.1, 0.15) is 5.82 Å². The zero-order valence-corrected chi connectivity index (χ0v) is 16.5. The van der Waals surface area contributed by atoms with Crippen molar-refractivity contribution in [3.05, 3.63) is 5.82 Å². The number of hydrazine groups is 1. The monoisotopic (exact) mass is 391 g/mol. The second-order valence-electron chi connectivity index (χ2n) is 7.91.